The number of benzene rings is 2. The minimum Gasteiger partial charge on any atom is -0.497 e. The Morgan fingerprint density at radius 3 is 1.36 bits per heavy atom. The van der Waals surface area contributed by atoms with Gasteiger partial charge in [0.15, 0.2) is 0 Å². The highest BCUT2D eigenvalue weighted by Gasteiger charge is 2.17. The van der Waals surface area contributed by atoms with Crippen LogP contribution in [0.25, 0.3) is 68.6 Å². The number of H-pyrrole nitrogens is 2. The SMILES string of the molecule is COc1cccc(-c2c3nc(c(Br)c4ccc([nH]4)c(-c4cccc(OC)c4)c4nc(c(Br)c5ccc2[nH]5)C=C4)C=C3)c1. The van der Waals surface area contributed by atoms with E-state index in [0.29, 0.717) is 0 Å². The normalized spacial score (nSPS) is 12.1. The third kappa shape index (κ3) is 4.66. The maximum atomic E-state index is 5.54. The molecule has 2 aliphatic heterocycles. The highest BCUT2D eigenvalue weighted by Crippen LogP contribution is 2.37. The first-order chi connectivity index (χ1) is 20.5. The molecule has 0 fully saturated rings. The van der Waals surface area contributed by atoms with E-state index in [1.54, 1.807) is 14.2 Å². The Morgan fingerprint density at radius 2 is 0.929 bits per heavy atom. The average Bonchev–Trinajstić information content (AvgIpc) is 3.85. The number of hydrogen-bond acceptors (Lipinski definition) is 4. The molecule has 0 atom stereocenters. The van der Waals surface area contributed by atoms with Gasteiger partial charge in [-0.15, -0.1) is 0 Å². The van der Waals surface area contributed by atoms with E-state index in [1.165, 1.54) is 0 Å². The zero-order chi connectivity index (χ0) is 28.8. The van der Waals surface area contributed by atoms with Crippen LogP contribution in [0.3, 0.4) is 0 Å². The number of aromatic amines is 2. The first-order valence-corrected chi connectivity index (χ1v) is 14.9. The predicted octanol–water partition coefficient (Wildman–Crippen LogP) is 9.53. The minimum absolute atomic E-state index is 0.779. The van der Waals surface area contributed by atoms with E-state index in [-0.39, 0.29) is 0 Å². The number of nitrogens with one attached hydrogen (secondary N) is 2. The van der Waals surface area contributed by atoms with Gasteiger partial charge in [-0.1, -0.05) is 24.3 Å². The van der Waals surface area contributed by atoms with Gasteiger partial charge in [-0.25, -0.2) is 9.97 Å². The van der Waals surface area contributed by atoms with E-state index in [1.807, 2.05) is 60.7 Å². The predicted molar refractivity (Wildman–Crippen MR) is 178 cm³/mol. The fourth-order valence-corrected chi connectivity index (χ4v) is 6.21. The van der Waals surface area contributed by atoms with Crippen LogP contribution in [-0.4, -0.2) is 34.2 Å². The standard InChI is InChI=1S/C34H24Br2N4O2/c1-41-21-7-3-5-19(17-21)31-23-9-13-27(37-23)33(35)29-15-11-25(39-29)32(20-6-4-8-22(18-20)42-2)26-12-16-30(40-26)34(36)28-14-10-24(31)38-28/h3-18,37,40H,1-2H3. The summed E-state index contributed by atoms with van der Waals surface area (Å²) in [5, 5.41) is 0. The van der Waals surface area contributed by atoms with Gasteiger partial charge in [0.05, 0.1) is 57.0 Å². The van der Waals surface area contributed by atoms with E-state index >= 15 is 0 Å². The molecule has 0 unspecified atom stereocenters. The van der Waals surface area contributed by atoms with Gasteiger partial charge < -0.3 is 19.4 Å². The smallest absolute Gasteiger partial charge is 0.119 e. The highest BCUT2D eigenvalue weighted by molar-refractivity contribution is 9.11. The number of hydrogen-bond donors (Lipinski definition) is 2. The Hall–Kier alpha value is -4.40. The third-order valence-electron chi connectivity index (χ3n) is 7.34. The van der Waals surface area contributed by atoms with Crippen molar-refractivity contribution in [3.63, 3.8) is 0 Å². The number of fused-ring (bicyclic) bond motifs is 8. The van der Waals surface area contributed by atoms with Crippen LogP contribution in [0.1, 0.15) is 22.8 Å². The molecule has 206 valence electrons. The molecule has 0 saturated carbocycles. The number of rotatable bonds is 4. The topological polar surface area (TPSA) is 75.8 Å². The summed E-state index contributed by atoms with van der Waals surface area (Å²) in [6.45, 7) is 0. The van der Waals surface area contributed by atoms with Crippen molar-refractivity contribution >= 4 is 78.2 Å². The van der Waals surface area contributed by atoms with Gasteiger partial charge in [0, 0.05) is 22.2 Å². The van der Waals surface area contributed by atoms with Crippen LogP contribution in [0.4, 0.5) is 0 Å². The monoisotopic (exact) mass is 678 g/mol. The molecule has 2 aromatic carbocycles. The van der Waals surface area contributed by atoms with Crippen molar-refractivity contribution in [1.82, 2.24) is 19.9 Å². The molecule has 0 spiro atoms. The number of ether oxygens (including phenoxy) is 2. The Labute approximate surface area is 259 Å². The van der Waals surface area contributed by atoms with E-state index < -0.39 is 0 Å². The molecule has 0 radical (unpaired) electrons. The third-order valence-corrected chi connectivity index (χ3v) is 9.01. The summed E-state index contributed by atoms with van der Waals surface area (Å²) in [4.78, 5) is 17.4. The summed E-state index contributed by atoms with van der Waals surface area (Å²) in [5.41, 5.74) is 10.9. The Balaban J connectivity index is 1.60. The minimum atomic E-state index is 0.779. The van der Waals surface area contributed by atoms with E-state index in [9.17, 15) is 0 Å². The average molecular weight is 680 g/mol. The van der Waals surface area contributed by atoms with Gasteiger partial charge in [0.1, 0.15) is 11.5 Å². The van der Waals surface area contributed by atoms with Crippen molar-refractivity contribution < 1.29 is 9.47 Å². The maximum Gasteiger partial charge on any atom is 0.119 e. The van der Waals surface area contributed by atoms with Gasteiger partial charge >= 0.3 is 0 Å². The zero-order valence-corrected chi connectivity index (χ0v) is 25.9. The second-order valence-corrected chi connectivity index (χ2v) is 11.4. The second kappa shape index (κ2) is 10.8. The maximum absolute atomic E-state index is 5.54. The van der Waals surface area contributed by atoms with Crippen LogP contribution in [0.2, 0.25) is 0 Å². The van der Waals surface area contributed by atoms with Crippen molar-refractivity contribution in [2.45, 2.75) is 0 Å². The zero-order valence-electron chi connectivity index (χ0n) is 22.7. The lowest BCUT2D eigenvalue weighted by atomic mass is 10.0. The number of aromatic nitrogens is 4. The van der Waals surface area contributed by atoms with E-state index in [0.717, 1.165) is 87.5 Å². The van der Waals surface area contributed by atoms with Crippen molar-refractivity contribution in [3.8, 4) is 33.8 Å². The van der Waals surface area contributed by atoms with Gasteiger partial charge in [-0.05, 0) is 116 Å². The van der Waals surface area contributed by atoms with Crippen LogP contribution >= 0.6 is 31.9 Å². The van der Waals surface area contributed by atoms with Gasteiger partial charge in [0.2, 0.25) is 0 Å². The second-order valence-electron chi connectivity index (χ2n) is 9.84. The lowest BCUT2D eigenvalue weighted by Gasteiger charge is -2.07. The Kier molecular flexibility index (Phi) is 6.80. The lowest BCUT2D eigenvalue weighted by molar-refractivity contribution is 0.415. The Bertz CT molecular complexity index is 1960. The molecule has 8 bridgehead atoms. The Morgan fingerprint density at radius 1 is 0.524 bits per heavy atom. The van der Waals surface area contributed by atoms with Crippen LogP contribution < -0.4 is 9.47 Å². The quantitative estimate of drug-likeness (QED) is 0.194. The molecule has 6 nitrogen and oxygen atoms in total. The molecule has 5 aromatic rings. The van der Waals surface area contributed by atoms with Crippen LogP contribution in [0.5, 0.6) is 11.5 Å². The molecule has 3 aromatic heterocycles. The summed E-state index contributed by atoms with van der Waals surface area (Å²) >= 11 is 7.67. The first-order valence-electron chi connectivity index (χ1n) is 13.3. The lowest BCUT2D eigenvalue weighted by Crippen LogP contribution is -1.89. The number of methoxy groups -OCH3 is 2. The summed E-state index contributed by atoms with van der Waals surface area (Å²) in [6.07, 6.45) is 8.15. The summed E-state index contributed by atoms with van der Waals surface area (Å²) in [7, 11) is 3.35. The summed E-state index contributed by atoms with van der Waals surface area (Å²) in [6, 6.07) is 24.3. The highest BCUT2D eigenvalue weighted by atomic mass is 79.9. The molecule has 0 aliphatic carbocycles. The first kappa shape index (κ1) is 26.5. The molecule has 7 rings (SSSR count). The van der Waals surface area contributed by atoms with Gasteiger partial charge in [0.25, 0.3) is 0 Å². The molecule has 8 heteroatoms. The van der Waals surface area contributed by atoms with E-state index in [4.69, 9.17) is 19.4 Å². The molecule has 2 N–H and O–H groups in total. The largest absolute Gasteiger partial charge is 0.497 e. The van der Waals surface area contributed by atoms with Crippen molar-refractivity contribution in [1.29, 1.82) is 0 Å². The molecular weight excluding hydrogens is 656 g/mol. The molecule has 0 amide bonds. The van der Waals surface area contributed by atoms with Crippen LogP contribution in [0, 0.1) is 0 Å². The molecule has 0 saturated heterocycles. The van der Waals surface area contributed by atoms with Crippen molar-refractivity contribution in [2.75, 3.05) is 14.2 Å². The molecule has 2 aliphatic rings. The number of halogens is 2. The van der Waals surface area contributed by atoms with Crippen molar-refractivity contribution in [3.05, 3.63) is 105 Å². The molecule has 42 heavy (non-hydrogen) atoms. The van der Waals surface area contributed by atoms with E-state index in [2.05, 4.69) is 78.2 Å². The van der Waals surface area contributed by atoms with Crippen LogP contribution in [0.15, 0.2) is 81.7 Å². The number of nitrogens with zero attached hydrogens (tertiary/aromatic N) is 2. The van der Waals surface area contributed by atoms with Gasteiger partial charge in [-0.3, -0.25) is 0 Å². The molecular formula is C34H24Br2N4O2. The van der Waals surface area contributed by atoms with Gasteiger partial charge in [-0.2, -0.15) is 0 Å². The van der Waals surface area contributed by atoms with Crippen molar-refractivity contribution in [2.24, 2.45) is 0 Å². The fraction of sp³-hybridized carbons (Fsp3) is 0.0588. The molecule has 5 heterocycles. The fourth-order valence-electron chi connectivity index (χ4n) is 5.30. The summed E-state index contributed by atoms with van der Waals surface area (Å²) < 4.78 is 12.8. The van der Waals surface area contributed by atoms with Crippen LogP contribution in [-0.2, 0) is 0 Å². The summed E-state index contributed by atoms with van der Waals surface area (Å²) in [5.74, 6) is 1.56.